The zero-order valence-electron chi connectivity index (χ0n) is 10.1. The summed E-state index contributed by atoms with van der Waals surface area (Å²) in [5.74, 6) is 0.216. The molecule has 0 aliphatic heterocycles. The minimum atomic E-state index is -0.500. The average Bonchev–Trinajstić information content (AvgIpc) is 2.32. The van der Waals surface area contributed by atoms with Gasteiger partial charge in [0.1, 0.15) is 5.82 Å². The van der Waals surface area contributed by atoms with Gasteiger partial charge in [-0.05, 0) is 37.0 Å². The van der Waals surface area contributed by atoms with Gasteiger partial charge >= 0.3 is 0 Å². The number of nitrogen functional groups attached to an aromatic ring is 1. The summed E-state index contributed by atoms with van der Waals surface area (Å²) in [5.41, 5.74) is 5.95. The molecule has 2 nitrogen and oxygen atoms in total. The Morgan fingerprint density at radius 2 is 2.18 bits per heavy atom. The van der Waals surface area contributed by atoms with Crippen LogP contribution >= 0.6 is 0 Å². The summed E-state index contributed by atoms with van der Waals surface area (Å²) in [6.45, 7) is 2.17. The van der Waals surface area contributed by atoms with Crippen LogP contribution in [0.1, 0.15) is 43.0 Å². The zero-order chi connectivity index (χ0) is 12.4. The van der Waals surface area contributed by atoms with E-state index in [0.717, 1.165) is 19.3 Å². The number of ketones is 1. The second kappa shape index (κ2) is 4.86. The molecule has 0 saturated heterocycles. The Kier molecular flexibility index (Phi) is 3.46. The highest BCUT2D eigenvalue weighted by Gasteiger charge is 2.26. The Bertz CT molecular complexity index is 430. The molecule has 0 amide bonds. The first-order chi connectivity index (χ1) is 8.08. The number of hydrogen-bond acceptors (Lipinski definition) is 2. The van der Waals surface area contributed by atoms with Gasteiger partial charge in [-0.3, -0.25) is 4.79 Å². The standard InChI is InChI=1S/C14H18FNO/c1-9-3-2-4-10(7-9)14(17)11-5-6-13(16)12(15)8-11/h5-6,8-10H,2-4,7,16H2,1H3. The number of carbonyl (C=O) groups excluding carboxylic acids is 1. The number of Topliss-reactive ketones (excluding diaryl/α,β-unsaturated/α-hetero) is 1. The second-order valence-corrected chi connectivity index (χ2v) is 5.07. The minimum Gasteiger partial charge on any atom is -0.396 e. The Labute approximate surface area is 101 Å². The normalized spacial score (nSPS) is 24.6. The van der Waals surface area contributed by atoms with Crippen LogP contribution in [0, 0.1) is 17.7 Å². The molecule has 2 unspecified atom stereocenters. The second-order valence-electron chi connectivity index (χ2n) is 5.07. The van der Waals surface area contributed by atoms with Gasteiger partial charge in [0.05, 0.1) is 5.69 Å². The van der Waals surface area contributed by atoms with Crippen LogP contribution in [0.4, 0.5) is 10.1 Å². The summed E-state index contributed by atoms with van der Waals surface area (Å²) >= 11 is 0. The van der Waals surface area contributed by atoms with Crippen LogP contribution in [-0.2, 0) is 0 Å². The minimum absolute atomic E-state index is 0.0572. The van der Waals surface area contributed by atoms with E-state index in [1.54, 1.807) is 6.07 Å². The lowest BCUT2D eigenvalue weighted by atomic mass is 9.79. The smallest absolute Gasteiger partial charge is 0.166 e. The van der Waals surface area contributed by atoms with Gasteiger partial charge in [-0.25, -0.2) is 4.39 Å². The van der Waals surface area contributed by atoms with Gasteiger partial charge in [0.25, 0.3) is 0 Å². The number of carbonyl (C=O) groups is 1. The summed E-state index contributed by atoms with van der Waals surface area (Å²) < 4.78 is 13.3. The van der Waals surface area contributed by atoms with Crippen molar-refractivity contribution in [1.29, 1.82) is 0 Å². The number of nitrogens with two attached hydrogens (primary N) is 1. The lowest BCUT2D eigenvalue weighted by molar-refractivity contribution is 0.0868. The number of hydrogen-bond donors (Lipinski definition) is 1. The molecule has 2 atom stereocenters. The molecule has 0 aromatic heterocycles. The van der Waals surface area contributed by atoms with Crippen LogP contribution in [-0.4, -0.2) is 5.78 Å². The summed E-state index contributed by atoms with van der Waals surface area (Å²) in [6.07, 6.45) is 4.13. The summed E-state index contributed by atoms with van der Waals surface area (Å²) in [5, 5.41) is 0. The van der Waals surface area contributed by atoms with E-state index in [0.29, 0.717) is 11.5 Å². The maximum absolute atomic E-state index is 13.3. The maximum atomic E-state index is 13.3. The number of anilines is 1. The van der Waals surface area contributed by atoms with Gasteiger partial charge in [0, 0.05) is 11.5 Å². The molecule has 1 fully saturated rings. The van der Waals surface area contributed by atoms with E-state index >= 15 is 0 Å². The largest absolute Gasteiger partial charge is 0.396 e. The third kappa shape index (κ3) is 2.65. The van der Waals surface area contributed by atoms with E-state index < -0.39 is 5.82 Å². The van der Waals surface area contributed by atoms with Crippen LogP contribution in [0.15, 0.2) is 18.2 Å². The fourth-order valence-electron chi connectivity index (χ4n) is 2.59. The number of benzene rings is 1. The molecule has 0 heterocycles. The van der Waals surface area contributed by atoms with E-state index in [1.807, 2.05) is 0 Å². The lowest BCUT2D eigenvalue weighted by Gasteiger charge is -2.25. The molecule has 0 bridgehead atoms. The predicted octanol–water partition coefficient (Wildman–Crippen LogP) is 3.42. The number of halogens is 1. The molecule has 1 saturated carbocycles. The summed E-state index contributed by atoms with van der Waals surface area (Å²) in [7, 11) is 0. The van der Waals surface area contributed by atoms with Crippen molar-refractivity contribution in [3.05, 3.63) is 29.6 Å². The topological polar surface area (TPSA) is 43.1 Å². The van der Waals surface area contributed by atoms with Gasteiger partial charge in [-0.2, -0.15) is 0 Å². The van der Waals surface area contributed by atoms with E-state index in [4.69, 9.17) is 5.73 Å². The van der Waals surface area contributed by atoms with E-state index in [2.05, 4.69) is 6.92 Å². The van der Waals surface area contributed by atoms with E-state index in [-0.39, 0.29) is 17.4 Å². The van der Waals surface area contributed by atoms with Crippen molar-refractivity contribution in [2.75, 3.05) is 5.73 Å². The Morgan fingerprint density at radius 3 is 2.82 bits per heavy atom. The third-order valence-corrected chi connectivity index (χ3v) is 3.59. The first kappa shape index (κ1) is 12.1. The highest BCUT2D eigenvalue weighted by molar-refractivity contribution is 5.98. The molecule has 2 rings (SSSR count). The maximum Gasteiger partial charge on any atom is 0.166 e. The van der Waals surface area contributed by atoms with Crippen molar-refractivity contribution < 1.29 is 9.18 Å². The van der Waals surface area contributed by atoms with Gasteiger partial charge in [-0.1, -0.05) is 19.8 Å². The Balaban J connectivity index is 2.15. The quantitative estimate of drug-likeness (QED) is 0.630. The highest BCUT2D eigenvalue weighted by Crippen LogP contribution is 2.31. The van der Waals surface area contributed by atoms with E-state index in [1.165, 1.54) is 18.6 Å². The van der Waals surface area contributed by atoms with Crippen molar-refractivity contribution in [2.45, 2.75) is 32.6 Å². The third-order valence-electron chi connectivity index (χ3n) is 3.59. The van der Waals surface area contributed by atoms with Gasteiger partial charge in [0.15, 0.2) is 5.78 Å². The van der Waals surface area contributed by atoms with Crippen molar-refractivity contribution in [3.63, 3.8) is 0 Å². The summed E-state index contributed by atoms with van der Waals surface area (Å²) in [4.78, 5) is 12.2. The SMILES string of the molecule is CC1CCCC(C(=O)c2ccc(N)c(F)c2)C1. The van der Waals surface area contributed by atoms with Crippen LogP contribution < -0.4 is 5.73 Å². The van der Waals surface area contributed by atoms with E-state index in [9.17, 15) is 9.18 Å². The molecule has 3 heteroatoms. The van der Waals surface area contributed by atoms with Gasteiger partial charge in [-0.15, -0.1) is 0 Å². The van der Waals surface area contributed by atoms with Crippen LogP contribution in [0.3, 0.4) is 0 Å². The van der Waals surface area contributed by atoms with Crippen LogP contribution in [0.2, 0.25) is 0 Å². The van der Waals surface area contributed by atoms with Crippen LogP contribution in [0.25, 0.3) is 0 Å². The van der Waals surface area contributed by atoms with Crippen molar-refractivity contribution in [2.24, 2.45) is 11.8 Å². The molecule has 0 radical (unpaired) electrons. The lowest BCUT2D eigenvalue weighted by Crippen LogP contribution is -2.22. The summed E-state index contributed by atoms with van der Waals surface area (Å²) in [6, 6.07) is 4.35. The predicted molar refractivity (Wildman–Crippen MR) is 66.3 cm³/mol. The molecule has 17 heavy (non-hydrogen) atoms. The Morgan fingerprint density at radius 1 is 1.41 bits per heavy atom. The molecule has 1 aliphatic carbocycles. The average molecular weight is 235 g/mol. The molecular formula is C14H18FNO. The molecule has 1 aromatic rings. The molecular weight excluding hydrogens is 217 g/mol. The van der Waals surface area contributed by atoms with Gasteiger partial charge in [0.2, 0.25) is 0 Å². The van der Waals surface area contributed by atoms with Crippen molar-refractivity contribution >= 4 is 11.5 Å². The van der Waals surface area contributed by atoms with Crippen molar-refractivity contribution in [3.8, 4) is 0 Å². The fraction of sp³-hybridized carbons (Fsp3) is 0.500. The fourth-order valence-corrected chi connectivity index (χ4v) is 2.59. The molecule has 0 spiro atoms. The first-order valence-corrected chi connectivity index (χ1v) is 6.17. The zero-order valence-corrected chi connectivity index (χ0v) is 10.1. The molecule has 2 N–H and O–H groups in total. The monoisotopic (exact) mass is 235 g/mol. The highest BCUT2D eigenvalue weighted by atomic mass is 19.1. The molecule has 1 aromatic carbocycles. The van der Waals surface area contributed by atoms with Gasteiger partial charge < -0.3 is 5.73 Å². The molecule has 92 valence electrons. The Hall–Kier alpha value is -1.38. The molecule has 1 aliphatic rings. The first-order valence-electron chi connectivity index (χ1n) is 6.17. The van der Waals surface area contributed by atoms with Crippen LogP contribution in [0.5, 0.6) is 0 Å². The van der Waals surface area contributed by atoms with Crippen molar-refractivity contribution in [1.82, 2.24) is 0 Å². The number of rotatable bonds is 2.